The highest BCUT2D eigenvalue weighted by atomic mass is 35.5. The second-order valence-electron chi connectivity index (χ2n) is 7.15. The van der Waals surface area contributed by atoms with Crippen molar-refractivity contribution in [3.05, 3.63) is 112 Å². The molecule has 3 aromatic carbocycles. The van der Waals surface area contributed by atoms with Gasteiger partial charge >= 0.3 is 0 Å². The van der Waals surface area contributed by atoms with Crippen molar-refractivity contribution in [1.29, 1.82) is 0 Å². The molecule has 5 aromatic rings. The van der Waals surface area contributed by atoms with Gasteiger partial charge in [0.1, 0.15) is 12.7 Å². The summed E-state index contributed by atoms with van der Waals surface area (Å²) in [4.78, 5) is 16.9. The van der Waals surface area contributed by atoms with E-state index in [0.717, 1.165) is 32.4 Å². The number of hydrogen-bond acceptors (Lipinski definition) is 6. The van der Waals surface area contributed by atoms with Gasteiger partial charge in [-0.3, -0.25) is 9.97 Å². The zero-order valence-electron chi connectivity index (χ0n) is 18.3. The summed E-state index contributed by atoms with van der Waals surface area (Å²) in [6.07, 6.45) is 6.54. The molecule has 0 aliphatic rings. The maximum Gasteiger partial charge on any atom is 0.137 e. The Labute approximate surface area is 222 Å². The second kappa shape index (κ2) is 12.7. The van der Waals surface area contributed by atoms with Crippen molar-refractivity contribution in [2.75, 3.05) is 0 Å². The van der Waals surface area contributed by atoms with Gasteiger partial charge in [-0.1, -0.05) is 59.1 Å². The minimum absolute atomic E-state index is 0.510. The number of halogens is 3. The van der Waals surface area contributed by atoms with E-state index in [2.05, 4.69) is 25.0 Å². The number of para-hydroxylation sites is 2. The third-order valence-electron chi connectivity index (χ3n) is 4.61. The molecule has 0 N–H and O–H groups in total. The molecule has 0 fully saturated rings. The summed E-state index contributed by atoms with van der Waals surface area (Å²) in [6, 6.07) is 20.8. The highest BCUT2D eigenvalue weighted by Crippen LogP contribution is 2.30. The Hall–Kier alpha value is -2.97. The predicted molar refractivity (Wildman–Crippen MR) is 146 cm³/mol. The van der Waals surface area contributed by atoms with E-state index < -0.39 is 0 Å². The van der Waals surface area contributed by atoms with Crippen LogP contribution in [0.4, 0.5) is 5.69 Å². The van der Waals surface area contributed by atoms with Crippen LogP contribution in [-0.4, -0.2) is 29.8 Å². The first kappa shape index (κ1) is 25.1. The fourth-order valence-electron chi connectivity index (χ4n) is 2.93. The summed E-state index contributed by atoms with van der Waals surface area (Å²) in [7, 11) is 0. The van der Waals surface area contributed by atoms with Gasteiger partial charge in [0.25, 0.3) is 0 Å². The normalized spacial score (nSPS) is 11.2. The molecular weight excluding hydrogens is 523 g/mol. The number of aliphatic imine (C=N–C) groups is 1. The molecule has 0 unspecified atom stereocenters. The van der Waals surface area contributed by atoms with Crippen molar-refractivity contribution in [2.45, 2.75) is 12.3 Å². The smallest absolute Gasteiger partial charge is 0.137 e. The lowest BCUT2D eigenvalue weighted by Crippen LogP contribution is -2.08. The SMILES string of the molecule is Clc1ccc(CSC(Cn2cncn2)=Nc2ccc(Cl)cc2Cl)cc1.c1ccc2nccnc2c1. The third kappa shape index (κ3) is 7.77. The summed E-state index contributed by atoms with van der Waals surface area (Å²) in [5.74, 6) is 0.760. The molecule has 0 saturated carbocycles. The van der Waals surface area contributed by atoms with Crippen LogP contribution in [0.15, 0.2) is 96.8 Å². The fourth-order valence-corrected chi connectivity index (χ4v) is 4.42. The molecule has 6 nitrogen and oxygen atoms in total. The van der Waals surface area contributed by atoms with Crippen LogP contribution in [0.25, 0.3) is 11.0 Å². The second-order valence-corrected chi connectivity index (χ2v) is 9.48. The molecule has 0 amide bonds. The van der Waals surface area contributed by atoms with Crippen molar-refractivity contribution in [3.63, 3.8) is 0 Å². The van der Waals surface area contributed by atoms with Gasteiger partial charge in [0.05, 0.1) is 33.3 Å². The zero-order chi connectivity index (χ0) is 24.5. The summed E-state index contributed by atoms with van der Waals surface area (Å²) in [5, 5.41) is 6.82. The number of rotatable bonds is 5. The molecule has 10 heteroatoms. The summed E-state index contributed by atoms with van der Waals surface area (Å²) in [5.41, 5.74) is 3.72. The molecule has 176 valence electrons. The molecule has 0 aliphatic carbocycles. The first-order chi connectivity index (χ1) is 17.1. The molecular formula is C25H19Cl3N6S. The maximum absolute atomic E-state index is 6.24. The van der Waals surface area contributed by atoms with Crippen LogP contribution in [0.2, 0.25) is 15.1 Å². The third-order valence-corrected chi connectivity index (χ3v) is 6.43. The lowest BCUT2D eigenvalue weighted by atomic mass is 10.2. The van der Waals surface area contributed by atoms with E-state index in [9.17, 15) is 0 Å². The Bertz CT molecular complexity index is 1340. The van der Waals surface area contributed by atoms with Gasteiger partial charge in [-0.2, -0.15) is 5.10 Å². The van der Waals surface area contributed by atoms with Gasteiger partial charge < -0.3 is 0 Å². The Morgan fingerprint density at radius 2 is 1.54 bits per heavy atom. The van der Waals surface area contributed by atoms with E-state index in [0.29, 0.717) is 22.3 Å². The minimum atomic E-state index is 0.510. The number of fused-ring (bicyclic) bond motifs is 1. The molecule has 0 saturated heterocycles. The lowest BCUT2D eigenvalue weighted by Gasteiger charge is -2.08. The number of benzene rings is 3. The Kier molecular flexibility index (Phi) is 9.08. The Morgan fingerprint density at radius 3 is 2.17 bits per heavy atom. The molecule has 35 heavy (non-hydrogen) atoms. The molecule has 0 atom stereocenters. The van der Waals surface area contributed by atoms with Crippen LogP contribution in [0.1, 0.15) is 5.56 Å². The largest absolute Gasteiger partial charge is 0.253 e. The molecule has 0 bridgehead atoms. The predicted octanol–water partition coefficient (Wildman–Crippen LogP) is 7.53. The number of thioether (sulfide) groups is 1. The summed E-state index contributed by atoms with van der Waals surface area (Å²) < 4.78 is 1.72. The number of hydrogen-bond donors (Lipinski definition) is 0. The van der Waals surface area contributed by atoms with Gasteiger partial charge in [-0.05, 0) is 48.0 Å². The highest BCUT2D eigenvalue weighted by Gasteiger charge is 2.07. The van der Waals surface area contributed by atoms with Crippen molar-refractivity contribution >= 4 is 68.3 Å². The molecule has 0 spiro atoms. The minimum Gasteiger partial charge on any atom is -0.253 e. The van der Waals surface area contributed by atoms with E-state index in [1.807, 2.05) is 48.5 Å². The van der Waals surface area contributed by atoms with Gasteiger partial charge in [0, 0.05) is 28.2 Å². The first-order valence-electron chi connectivity index (χ1n) is 10.4. The van der Waals surface area contributed by atoms with Crippen LogP contribution in [0.3, 0.4) is 0 Å². The molecule has 0 radical (unpaired) electrons. The van der Waals surface area contributed by atoms with Gasteiger partial charge in [-0.25, -0.2) is 14.7 Å². The Balaban J connectivity index is 0.000000239. The molecule has 0 aliphatic heterocycles. The van der Waals surface area contributed by atoms with Crippen molar-refractivity contribution in [2.24, 2.45) is 4.99 Å². The average molecular weight is 542 g/mol. The average Bonchev–Trinajstić information content (AvgIpc) is 3.39. The van der Waals surface area contributed by atoms with E-state index in [-0.39, 0.29) is 0 Å². The summed E-state index contributed by atoms with van der Waals surface area (Å²) >= 11 is 19.7. The zero-order valence-corrected chi connectivity index (χ0v) is 21.4. The van der Waals surface area contributed by atoms with Crippen LogP contribution in [-0.2, 0) is 12.3 Å². The van der Waals surface area contributed by atoms with Gasteiger partial charge in [0.15, 0.2) is 0 Å². The van der Waals surface area contributed by atoms with Crippen molar-refractivity contribution in [3.8, 4) is 0 Å². The quantitative estimate of drug-likeness (QED) is 0.170. The van der Waals surface area contributed by atoms with E-state index >= 15 is 0 Å². The van der Waals surface area contributed by atoms with Gasteiger partial charge in [-0.15, -0.1) is 11.8 Å². The standard InChI is InChI=1S/C17H13Cl3N4S.C8H6N2/c18-13-3-1-12(2-4-13)9-25-17(8-24-11-21-10-22-24)23-16-6-5-14(19)7-15(16)20;1-2-4-8-7(3-1)9-5-6-10-8/h1-7,10-11H,8-9H2;1-6H. The van der Waals surface area contributed by atoms with Crippen LogP contribution in [0, 0.1) is 0 Å². The lowest BCUT2D eigenvalue weighted by molar-refractivity contribution is 0.727. The van der Waals surface area contributed by atoms with E-state index in [1.165, 1.54) is 6.33 Å². The summed E-state index contributed by atoms with van der Waals surface area (Å²) in [6.45, 7) is 0.511. The van der Waals surface area contributed by atoms with E-state index in [1.54, 1.807) is 53.4 Å². The fraction of sp³-hybridized carbons (Fsp3) is 0.0800. The van der Waals surface area contributed by atoms with Gasteiger partial charge in [0.2, 0.25) is 0 Å². The number of nitrogens with zero attached hydrogens (tertiary/aromatic N) is 6. The molecule has 2 heterocycles. The van der Waals surface area contributed by atoms with E-state index in [4.69, 9.17) is 34.8 Å². The van der Waals surface area contributed by atoms with Crippen LogP contribution < -0.4 is 0 Å². The maximum atomic E-state index is 6.24. The molecule has 2 aromatic heterocycles. The van der Waals surface area contributed by atoms with Crippen molar-refractivity contribution < 1.29 is 0 Å². The Morgan fingerprint density at radius 1 is 0.857 bits per heavy atom. The monoisotopic (exact) mass is 540 g/mol. The van der Waals surface area contributed by atoms with Crippen LogP contribution in [0.5, 0.6) is 0 Å². The van der Waals surface area contributed by atoms with Crippen LogP contribution >= 0.6 is 46.6 Å². The van der Waals surface area contributed by atoms with Crippen molar-refractivity contribution in [1.82, 2.24) is 24.7 Å². The number of aromatic nitrogens is 5. The molecule has 5 rings (SSSR count). The first-order valence-corrected chi connectivity index (χ1v) is 12.6. The highest BCUT2D eigenvalue weighted by molar-refractivity contribution is 8.13. The topological polar surface area (TPSA) is 68.8 Å².